The van der Waals surface area contributed by atoms with Crippen LogP contribution in [0, 0.1) is 5.92 Å². The number of hydrogen-bond donors (Lipinski definition) is 2. The molecule has 2 heterocycles. The summed E-state index contributed by atoms with van der Waals surface area (Å²) in [5, 5.41) is 5.49. The average molecular weight is 194 g/mol. The van der Waals surface area contributed by atoms with Gasteiger partial charge in [0.05, 0.1) is 12.6 Å². The Morgan fingerprint density at radius 1 is 1.23 bits per heavy atom. The maximum atomic E-state index is 12.9. The van der Waals surface area contributed by atoms with Gasteiger partial charge in [0, 0.05) is 6.54 Å². The molecule has 0 radical (unpaired) electrons. The Balaban J connectivity index is 1.93. The lowest BCUT2D eigenvalue weighted by Crippen LogP contribution is -2.68. The van der Waals surface area contributed by atoms with Crippen molar-refractivity contribution in [2.45, 2.75) is 24.6 Å². The van der Waals surface area contributed by atoms with Crippen molar-refractivity contribution in [1.29, 1.82) is 0 Å². The lowest BCUT2D eigenvalue weighted by molar-refractivity contribution is -0.119. The molecule has 2 fully saturated rings. The molecule has 2 rings (SSSR count). The first-order chi connectivity index (χ1) is 6.09. The van der Waals surface area contributed by atoms with Crippen LogP contribution in [-0.4, -0.2) is 37.8 Å². The van der Waals surface area contributed by atoms with Gasteiger partial charge in [0.15, 0.2) is 0 Å². The summed E-state index contributed by atoms with van der Waals surface area (Å²) < 4.78 is 38.7. The van der Waals surface area contributed by atoms with E-state index >= 15 is 0 Å². The maximum absolute atomic E-state index is 12.9. The Morgan fingerprint density at radius 3 is 2.46 bits per heavy atom. The molecule has 0 aromatic heterocycles. The fourth-order valence-electron chi connectivity index (χ4n) is 2.06. The van der Waals surface area contributed by atoms with E-state index in [0.29, 0.717) is 13.1 Å². The number of halogens is 3. The molecular weight excluding hydrogens is 181 g/mol. The zero-order chi connectivity index (χ0) is 9.47. The van der Waals surface area contributed by atoms with Gasteiger partial charge in [-0.3, -0.25) is 0 Å². The van der Waals surface area contributed by atoms with Gasteiger partial charge in [-0.2, -0.15) is 0 Å². The van der Waals surface area contributed by atoms with Gasteiger partial charge in [-0.05, 0) is 18.9 Å². The van der Waals surface area contributed by atoms with Crippen LogP contribution in [0.5, 0.6) is 0 Å². The highest BCUT2D eigenvalue weighted by Crippen LogP contribution is 2.33. The topological polar surface area (TPSA) is 24.1 Å². The van der Waals surface area contributed by atoms with E-state index in [1.807, 2.05) is 0 Å². The van der Waals surface area contributed by atoms with Crippen molar-refractivity contribution in [1.82, 2.24) is 10.6 Å². The smallest absolute Gasteiger partial charge is 0.275 e. The molecule has 0 saturated carbocycles. The zero-order valence-electron chi connectivity index (χ0n) is 7.19. The van der Waals surface area contributed by atoms with Gasteiger partial charge >= 0.3 is 0 Å². The summed E-state index contributed by atoms with van der Waals surface area (Å²) in [4.78, 5) is 0. The Morgan fingerprint density at radius 2 is 2.00 bits per heavy atom. The molecule has 13 heavy (non-hydrogen) atoms. The second-order valence-corrected chi connectivity index (χ2v) is 3.87. The fraction of sp³-hybridized carbons (Fsp3) is 1.00. The molecule has 2 aliphatic rings. The summed E-state index contributed by atoms with van der Waals surface area (Å²) in [6.45, 7) is 0.535. The summed E-state index contributed by atoms with van der Waals surface area (Å²) in [6, 6.07) is -0.821. The van der Waals surface area contributed by atoms with E-state index in [9.17, 15) is 13.2 Å². The number of rotatable bonds is 1. The number of hydrogen-bond acceptors (Lipinski definition) is 2. The SMILES string of the molecule is FC1CNCC(C2NCC2(F)F)C1. The fourth-order valence-corrected chi connectivity index (χ4v) is 2.06. The molecule has 2 saturated heterocycles. The Bertz CT molecular complexity index is 198. The van der Waals surface area contributed by atoms with E-state index in [1.165, 1.54) is 0 Å². The third-order valence-corrected chi connectivity index (χ3v) is 2.81. The zero-order valence-corrected chi connectivity index (χ0v) is 7.19. The molecule has 0 aromatic rings. The van der Waals surface area contributed by atoms with Crippen molar-refractivity contribution in [2.75, 3.05) is 19.6 Å². The van der Waals surface area contributed by atoms with Gasteiger partial charge < -0.3 is 10.6 Å². The van der Waals surface area contributed by atoms with Crippen LogP contribution in [0.1, 0.15) is 6.42 Å². The highest BCUT2D eigenvalue weighted by Gasteiger charge is 2.52. The quantitative estimate of drug-likeness (QED) is 0.636. The summed E-state index contributed by atoms with van der Waals surface area (Å²) in [5.74, 6) is -2.91. The standard InChI is InChI=1S/C8H13F3N2/c9-6-1-5(2-12-3-6)7-8(10,11)4-13-7/h5-7,12-13H,1-4H2. The molecule has 3 unspecified atom stereocenters. The average Bonchev–Trinajstić information content (AvgIpc) is 2.02. The molecule has 5 heteroatoms. The highest BCUT2D eigenvalue weighted by atomic mass is 19.3. The largest absolute Gasteiger partial charge is 0.314 e. The molecule has 0 bridgehead atoms. The minimum absolute atomic E-state index is 0.250. The van der Waals surface area contributed by atoms with Crippen molar-refractivity contribution in [3.8, 4) is 0 Å². The number of nitrogens with one attached hydrogen (secondary N) is 2. The lowest BCUT2D eigenvalue weighted by atomic mass is 9.83. The first-order valence-electron chi connectivity index (χ1n) is 4.55. The highest BCUT2D eigenvalue weighted by molar-refractivity contribution is 5.01. The van der Waals surface area contributed by atoms with E-state index in [4.69, 9.17) is 0 Å². The van der Waals surface area contributed by atoms with Crippen LogP contribution in [0.3, 0.4) is 0 Å². The molecule has 0 spiro atoms. The first kappa shape index (κ1) is 9.27. The van der Waals surface area contributed by atoms with E-state index in [-0.39, 0.29) is 18.9 Å². The minimum Gasteiger partial charge on any atom is -0.314 e. The second kappa shape index (κ2) is 3.13. The lowest BCUT2D eigenvalue weighted by Gasteiger charge is -2.44. The van der Waals surface area contributed by atoms with Crippen molar-refractivity contribution in [3.63, 3.8) is 0 Å². The predicted molar refractivity (Wildman–Crippen MR) is 42.6 cm³/mol. The molecular formula is C8H13F3N2. The predicted octanol–water partition coefficient (Wildman–Crippen LogP) is 0.541. The number of piperidine rings is 1. The van der Waals surface area contributed by atoms with Crippen LogP contribution in [0.25, 0.3) is 0 Å². The Labute approximate surface area is 74.9 Å². The van der Waals surface area contributed by atoms with E-state index in [2.05, 4.69) is 10.6 Å². The second-order valence-electron chi connectivity index (χ2n) is 3.87. The Kier molecular flexibility index (Phi) is 2.23. The van der Waals surface area contributed by atoms with Crippen molar-refractivity contribution in [3.05, 3.63) is 0 Å². The van der Waals surface area contributed by atoms with Crippen LogP contribution in [0.15, 0.2) is 0 Å². The van der Waals surface area contributed by atoms with Crippen molar-refractivity contribution < 1.29 is 13.2 Å². The van der Waals surface area contributed by atoms with Crippen LogP contribution in [0.2, 0.25) is 0 Å². The van der Waals surface area contributed by atoms with Gasteiger partial charge in [0.25, 0.3) is 5.92 Å². The maximum Gasteiger partial charge on any atom is 0.275 e. The monoisotopic (exact) mass is 194 g/mol. The number of alkyl halides is 3. The van der Waals surface area contributed by atoms with E-state index in [0.717, 1.165) is 0 Å². The van der Waals surface area contributed by atoms with Crippen molar-refractivity contribution >= 4 is 0 Å². The van der Waals surface area contributed by atoms with Gasteiger partial charge in [-0.25, -0.2) is 13.2 Å². The van der Waals surface area contributed by atoms with Crippen LogP contribution >= 0.6 is 0 Å². The van der Waals surface area contributed by atoms with Gasteiger partial charge in [-0.1, -0.05) is 0 Å². The third kappa shape index (κ3) is 1.67. The van der Waals surface area contributed by atoms with Crippen LogP contribution < -0.4 is 10.6 Å². The Hall–Kier alpha value is -0.290. The molecule has 2 aliphatic heterocycles. The van der Waals surface area contributed by atoms with Crippen molar-refractivity contribution in [2.24, 2.45) is 5.92 Å². The summed E-state index contributed by atoms with van der Waals surface area (Å²) in [7, 11) is 0. The van der Waals surface area contributed by atoms with Gasteiger partial charge in [-0.15, -0.1) is 0 Å². The summed E-state index contributed by atoms with van der Waals surface area (Å²) in [6.07, 6.45) is -0.725. The minimum atomic E-state index is -2.64. The van der Waals surface area contributed by atoms with Gasteiger partial charge in [0.1, 0.15) is 6.17 Å². The molecule has 76 valence electrons. The van der Waals surface area contributed by atoms with Crippen LogP contribution in [-0.2, 0) is 0 Å². The third-order valence-electron chi connectivity index (χ3n) is 2.81. The molecule has 0 aromatic carbocycles. The molecule has 0 aliphatic carbocycles. The van der Waals surface area contributed by atoms with E-state index < -0.39 is 18.1 Å². The molecule has 3 atom stereocenters. The van der Waals surface area contributed by atoms with E-state index in [1.54, 1.807) is 0 Å². The molecule has 2 nitrogen and oxygen atoms in total. The first-order valence-corrected chi connectivity index (χ1v) is 4.55. The summed E-state index contributed by atoms with van der Waals surface area (Å²) >= 11 is 0. The molecule has 2 N–H and O–H groups in total. The normalized spacial score (nSPS) is 44.1. The summed E-state index contributed by atoms with van der Waals surface area (Å²) in [5.41, 5.74) is 0. The van der Waals surface area contributed by atoms with Gasteiger partial charge in [0.2, 0.25) is 0 Å². The van der Waals surface area contributed by atoms with Crippen LogP contribution in [0.4, 0.5) is 13.2 Å². The molecule has 0 amide bonds.